The fourth-order valence-corrected chi connectivity index (χ4v) is 5.19. The minimum atomic E-state index is -4.94. The van der Waals surface area contributed by atoms with Crippen LogP contribution in [0, 0.1) is 5.92 Å². The molecule has 1 saturated heterocycles. The number of likely N-dealkylation sites (tertiary alicyclic amines) is 1. The minimum Gasteiger partial charge on any atom is -0.481 e. The maximum absolute atomic E-state index is 13.8. The van der Waals surface area contributed by atoms with Crippen LogP contribution in [0.3, 0.4) is 0 Å². The first kappa shape index (κ1) is 29.8. The Hall–Kier alpha value is -2.76. The van der Waals surface area contributed by atoms with Crippen LogP contribution in [0.1, 0.15) is 72.9 Å². The average Bonchev–Trinajstić information content (AvgIpc) is 2.78. The topological polar surface area (TPSA) is 40.5 Å². The summed E-state index contributed by atoms with van der Waals surface area (Å²) in [5, 5.41) is 9.33. The van der Waals surface area contributed by atoms with Gasteiger partial charge < -0.3 is 5.11 Å². The summed E-state index contributed by atoms with van der Waals surface area (Å²) >= 11 is 0. The van der Waals surface area contributed by atoms with Crippen molar-refractivity contribution in [3.8, 4) is 0 Å². The van der Waals surface area contributed by atoms with Crippen molar-refractivity contribution in [1.82, 2.24) is 4.90 Å². The summed E-state index contributed by atoms with van der Waals surface area (Å²) in [6.45, 7) is 1.26. The van der Waals surface area contributed by atoms with E-state index in [-0.39, 0.29) is 19.3 Å². The van der Waals surface area contributed by atoms with Gasteiger partial charge in [-0.15, -0.1) is 0 Å². The molecular weight excluding hydrogens is 529 g/mol. The van der Waals surface area contributed by atoms with Crippen molar-refractivity contribution in [3.63, 3.8) is 0 Å². The number of aliphatic carboxylic acids is 1. The third-order valence-electron chi connectivity index (χ3n) is 6.83. The predicted molar refractivity (Wildman–Crippen MR) is 120 cm³/mol. The Morgan fingerprint density at radius 2 is 1.45 bits per heavy atom. The van der Waals surface area contributed by atoms with Crippen LogP contribution in [0.15, 0.2) is 42.5 Å². The number of piperidine rings is 1. The van der Waals surface area contributed by atoms with E-state index in [1.807, 2.05) is 0 Å². The van der Waals surface area contributed by atoms with E-state index in [4.69, 9.17) is 0 Å². The molecule has 1 aliphatic rings. The molecule has 1 N–H and O–H groups in total. The highest BCUT2D eigenvalue weighted by molar-refractivity contribution is 5.67. The average molecular weight is 555 g/mol. The molecular formula is C26H26F9NO2. The van der Waals surface area contributed by atoms with Gasteiger partial charge in [-0.1, -0.05) is 25.5 Å². The summed E-state index contributed by atoms with van der Waals surface area (Å²) in [6.07, 6.45) is -13.4. The number of hydrogen-bond donors (Lipinski definition) is 1. The van der Waals surface area contributed by atoms with Crippen LogP contribution in [0.4, 0.5) is 39.5 Å². The summed E-state index contributed by atoms with van der Waals surface area (Å²) in [4.78, 5) is 13.0. The number of carbonyl (C=O) groups is 1. The lowest BCUT2D eigenvalue weighted by atomic mass is 9.79. The van der Waals surface area contributed by atoms with Crippen LogP contribution in [0.5, 0.6) is 0 Å². The maximum atomic E-state index is 13.8. The Morgan fingerprint density at radius 3 is 1.95 bits per heavy atom. The van der Waals surface area contributed by atoms with Gasteiger partial charge >= 0.3 is 24.5 Å². The molecule has 38 heavy (non-hydrogen) atoms. The van der Waals surface area contributed by atoms with Crippen molar-refractivity contribution in [2.24, 2.45) is 5.92 Å². The molecule has 3 unspecified atom stereocenters. The molecule has 1 fully saturated rings. The van der Waals surface area contributed by atoms with Crippen LogP contribution in [0.25, 0.3) is 0 Å². The zero-order chi connectivity index (χ0) is 28.5. The second-order valence-corrected chi connectivity index (χ2v) is 9.55. The van der Waals surface area contributed by atoms with Gasteiger partial charge in [0.25, 0.3) is 0 Å². The molecule has 1 aliphatic heterocycles. The number of carboxylic acids is 1. The van der Waals surface area contributed by atoms with Crippen LogP contribution in [-0.4, -0.2) is 22.0 Å². The summed E-state index contributed by atoms with van der Waals surface area (Å²) in [5.74, 6) is -1.52. The predicted octanol–water partition coefficient (Wildman–Crippen LogP) is 8.34. The lowest BCUT2D eigenvalue weighted by Crippen LogP contribution is -2.45. The van der Waals surface area contributed by atoms with Gasteiger partial charge in [0.1, 0.15) is 0 Å². The zero-order valence-corrected chi connectivity index (χ0v) is 20.2. The molecule has 2 aromatic carbocycles. The van der Waals surface area contributed by atoms with Crippen LogP contribution >= 0.6 is 0 Å². The fourth-order valence-electron chi connectivity index (χ4n) is 5.19. The van der Waals surface area contributed by atoms with Gasteiger partial charge in [0.15, 0.2) is 0 Å². The second-order valence-electron chi connectivity index (χ2n) is 9.55. The highest BCUT2D eigenvalue weighted by Gasteiger charge is 2.41. The number of benzene rings is 2. The molecule has 0 aromatic heterocycles. The maximum Gasteiger partial charge on any atom is 0.416 e. The normalized spacial score (nSPS) is 21.5. The van der Waals surface area contributed by atoms with Gasteiger partial charge in [-0.05, 0) is 66.6 Å². The Balaban J connectivity index is 2.11. The zero-order valence-electron chi connectivity index (χ0n) is 20.2. The van der Waals surface area contributed by atoms with Crippen molar-refractivity contribution in [2.45, 2.75) is 76.2 Å². The van der Waals surface area contributed by atoms with Gasteiger partial charge in [0.05, 0.1) is 16.7 Å². The summed E-state index contributed by atoms with van der Waals surface area (Å²) in [7, 11) is 0. The summed E-state index contributed by atoms with van der Waals surface area (Å²) in [6, 6.07) is 3.93. The molecule has 0 aliphatic carbocycles. The standard InChI is InChI=1S/C26H26F9NO2/c1-2-3-20-10-15(12-23(37)38)11-22(16-4-6-18(7-5-16)24(27,28)29)36(20)14-17-13-19(25(30,31)32)8-9-21(17)26(33,34)35/h4-9,13,15,20,22H,2-3,10-12,14H2,1H3,(H,37,38). The molecule has 210 valence electrons. The quantitative estimate of drug-likeness (QED) is 0.349. The fraction of sp³-hybridized carbons (Fsp3) is 0.500. The van der Waals surface area contributed by atoms with Gasteiger partial charge in [0.2, 0.25) is 0 Å². The molecule has 3 rings (SSSR count). The third kappa shape index (κ3) is 7.21. The van der Waals surface area contributed by atoms with Crippen molar-refractivity contribution in [1.29, 1.82) is 0 Å². The SMILES string of the molecule is CCCC1CC(CC(=O)O)CC(c2ccc(C(F)(F)F)cc2)N1Cc1cc(C(F)(F)F)ccc1C(F)(F)F. The molecule has 2 aromatic rings. The van der Waals surface area contributed by atoms with E-state index < -0.39 is 71.3 Å². The number of rotatable bonds is 7. The molecule has 0 bridgehead atoms. The molecule has 0 spiro atoms. The first-order valence-corrected chi connectivity index (χ1v) is 11.9. The molecule has 0 amide bonds. The number of hydrogen-bond acceptors (Lipinski definition) is 2. The van der Waals surface area contributed by atoms with Crippen LogP contribution in [0.2, 0.25) is 0 Å². The summed E-state index contributed by atoms with van der Waals surface area (Å²) < 4.78 is 121. The van der Waals surface area contributed by atoms with E-state index in [0.29, 0.717) is 36.6 Å². The number of carboxylic acid groups (broad SMARTS) is 1. The number of nitrogens with zero attached hydrogens (tertiary/aromatic N) is 1. The van der Waals surface area contributed by atoms with E-state index in [0.717, 1.165) is 12.1 Å². The van der Waals surface area contributed by atoms with E-state index in [2.05, 4.69) is 0 Å². The van der Waals surface area contributed by atoms with Crippen molar-refractivity contribution in [2.75, 3.05) is 0 Å². The minimum absolute atomic E-state index is 0.109. The molecule has 3 atom stereocenters. The van der Waals surface area contributed by atoms with Gasteiger partial charge in [0, 0.05) is 25.0 Å². The Morgan fingerprint density at radius 1 is 0.868 bits per heavy atom. The molecule has 3 nitrogen and oxygen atoms in total. The van der Waals surface area contributed by atoms with E-state index in [1.54, 1.807) is 11.8 Å². The monoisotopic (exact) mass is 555 g/mol. The number of halogens is 9. The largest absolute Gasteiger partial charge is 0.481 e. The molecule has 12 heteroatoms. The van der Waals surface area contributed by atoms with Crippen molar-refractivity contribution >= 4 is 5.97 Å². The third-order valence-corrected chi connectivity index (χ3v) is 6.83. The van der Waals surface area contributed by atoms with Crippen LogP contribution in [-0.2, 0) is 29.9 Å². The summed E-state index contributed by atoms with van der Waals surface area (Å²) in [5.41, 5.74) is -3.72. The van der Waals surface area contributed by atoms with Crippen LogP contribution < -0.4 is 0 Å². The Kier molecular flexibility index (Phi) is 8.74. The van der Waals surface area contributed by atoms with Gasteiger partial charge in [-0.25, -0.2) is 0 Å². The van der Waals surface area contributed by atoms with E-state index in [1.165, 1.54) is 12.1 Å². The molecule has 0 saturated carbocycles. The number of alkyl halides is 9. The second kappa shape index (κ2) is 11.2. The first-order chi connectivity index (χ1) is 17.5. The van der Waals surface area contributed by atoms with Crippen molar-refractivity contribution in [3.05, 3.63) is 70.3 Å². The smallest absolute Gasteiger partial charge is 0.416 e. The van der Waals surface area contributed by atoms with E-state index in [9.17, 15) is 49.4 Å². The first-order valence-electron chi connectivity index (χ1n) is 11.9. The lowest BCUT2D eigenvalue weighted by molar-refractivity contribution is -0.142. The van der Waals surface area contributed by atoms with Crippen molar-refractivity contribution < 1.29 is 49.4 Å². The Labute approximate surface area is 213 Å². The highest BCUT2D eigenvalue weighted by atomic mass is 19.4. The molecule has 0 radical (unpaired) electrons. The van der Waals surface area contributed by atoms with Gasteiger partial charge in [-0.2, -0.15) is 39.5 Å². The lowest BCUT2D eigenvalue weighted by Gasteiger charge is -2.46. The van der Waals surface area contributed by atoms with Gasteiger partial charge in [-0.3, -0.25) is 9.69 Å². The van der Waals surface area contributed by atoms with E-state index >= 15 is 0 Å². The Bertz CT molecular complexity index is 1110. The highest BCUT2D eigenvalue weighted by Crippen LogP contribution is 2.44. The molecule has 1 heterocycles.